The lowest BCUT2D eigenvalue weighted by molar-refractivity contribution is -0.124. The van der Waals surface area contributed by atoms with Crippen molar-refractivity contribution in [1.29, 1.82) is 0 Å². The van der Waals surface area contributed by atoms with Crippen LogP contribution in [0.25, 0.3) is 5.70 Å². The van der Waals surface area contributed by atoms with E-state index in [1.165, 1.54) is 11.1 Å². The van der Waals surface area contributed by atoms with E-state index >= 15 is 0 Å². The van der Waals surface area contributed by atoms with Gasteiger partial charge in [0.25, 0.3) is 0 Å². The van der Waals surface area contributed by atoms with Crippen molar-refractivity contribution in [3.63, 3.8) is 0 Å². The molecule has 0 aliphatic rings. The molecule has 1 atom stereocenters. The van der Waals surface area contributed by atoms with Crippen LogP contribution in [0.3, 0.4) is 0 Å². The van der Waals surface area contributed by atoms with Gasteiger partial charge in [0.1, 0.15) is 5.75 Å². The summed E-state index contributed by atoms with van der Waals surface area (Å²) in [5.41, 5.74) is 7.00. The lowest BCUT2D eigenvalue weighted by Gasteiger charge is -2.24. The Kier molecular flexibility index (Phi) is 10.1. The van der Waals surface area contributed by atoms with E-state index in [2.05, 4.69) is 75.1 Å². The van der Waals surface area contributed by atoms with Gasteiger partial charge in [0.2, 0.25) is 5.91 Å². The van der Waals surface area contributed by atoms with Crippen LogP contribution in [0.15, 0.2) is 84.5 Å². The molecule has 0 fully saturated rings. The van der Waals surface area contributed by atoms with Crippen molar-refractivity contribution in [1.82, 2.24) is 5.32 Å². The maximum absolute atomic E-state index is 13.1. The van der Waals surface area contributed by atoms with E-state index in [-0.39, 0.29) is 11.8 Å². The zero-order chi connectivity index (χ0) is 26.8. The predicted molar refractivity (Wildman–Crippen MR) is 155 cm³/mol. The summed E-state index contributed by atoms with van der Waals surface area (Å²) in [7, 11) is 1.65. The minimum Gasteiger partial charge on any atom is -0.497 e. The van der Waals surface area contributed by atoms with Crippen molar-refractivity contribution in [2.45, 2.75) is 47.0 Å². The standard InChI is InChI=1S/C32H39N3O2/c1-7-19-33-32(36)29(22-27-10-8-9-24(3)20-27)21-25(4)34-35(30-15-17-31(37-6)18-16-30)26(5)28-13-11-23(2)12-14-28/h8-18,20,29H,5,7,19,21-22H2,1-4,6H3,(H,33,36)/b34-25+. The third-order valence-electron chi connectivity index (χ3n) is 6.25. The van der Waals surface area contributed by atoms with Gasteiger partial charge in [-0.15, -0.1) is 0 Å². The van der Waals surface area contributed by atoms with Crippen LogP contribution in [0.1, 0.15) is 48.9 Å². The summed E-state index contributed by atoms with van der Waals surface area (Å²) in [4.78, 5) is 13.1. The highest BCUT2D eigenvalue weighted by atomic mass is 16.5. The van der Waals surface area contributed by atoms with Crippen LogP contribution in [-0.2, 0) is 11.2 Å². The van der Waals surface area contributed by atoms with Gasteiger partial charge in [0, 0.05) is 18.2 Å². The van der Waals surface area contributed by atoms with E-state index in [4.69, 9.17) is 9.84 Å². The molecule has 0 saturated carbocycles. The number of hydrazone groups is 1. The zero-order valence-corrected chi connectivity index (χ0v) is 22.8. The molecule has 0 saturated heterocycles. The number of nitrogens with zero attached hydrogens (tertiary/aromatic N) is 2. The normalized spacial score (nSPS) is 12.1. The van der Waals surface area contributed by atoms with E-state index in [0.717, 1.165) is 40.4 Å². The van der Waals surface area contributed by atoms with Crippen LogP contribution in [0.2, 0.25) is 0 Å². The van der Waals surface area contributed by atoms with Crippen LogP contribution in [0.4, 0.5) is 5.69 Å². The molecule has 194 valence electrons. The highest BCUT2D eigenvalue weighted by Crippen LogP contribution is 2.28. The van der Waals surface area contributed by atoms with Gasteiger partial charge in [-0.2, -0.15) is 5.10 Å². The van der Waals surface area contributed by atoms with E-state index < -0.39 is 0 Å². The average Bonchev–Trinajstić information content (AvgIpc) is 2.90. The molecule has 3 aromatic rings. The van der Waals surface area contributed by atoms with E-state index in [1.54, 1.807) is 7.11 Å². The Hall–Kier alpha value is -3.86. The molecule has 0 spiro atoms. The SMILES string of the molecule is C=C(c1ccc(C)cc1)N(/N=C(\C)CC(Cc1cccc(C)c1)C(=O)NCCC)c1ccc(OC)cc1. The Morgan fingerprint density at radius 3 is 2.35 bits per heavy atom. The lowest BCUT2D eigenvalue weighted by Crippen LogP contribution is -2.34. The molecule has 0 aliphatic carbocycles. The molecule has 5 nitrogen and oxygen atoms in total. The zero-order valence-electron chi connectivity index (χ0n) is 22.8. The number of methoxy groups -OCH3 is 1. The third kappa shape index (κ3) is 8.07. The minimum atomic E-state index is -0.220. The van der Waals surface area contributed by atoms with Crippen molar-refractivity contribution in [2.75, 3.05) is 18.7 Å². The summed E-state index contributed by atoms with van der Waals surface area (Å²) >= 11 is 0. The van der Waals surface area contributed by atoms with E-state index in [1.807, 2.05) is 42.3 Å². The fourth-order valence-corrected chi connectivity index (χ4v) is 4.21. The summed E-state index contributed by atoms with van der Waals surface area (Å²) in [6, 6.07) is 24.4. The molecule has 37 heavy (non-hydrogen) atoms. The van der Waals surface area contributed by atoms with Crippen LogP contribution in [-0.4, -0.2) is 25.3 Å². The number of amides is 1. The van der Waals surface area contributed by atoms with Gasteiger partial charge < -0.3 is 10.1 Å². The Bertz CT molecular complexity index is 1210. The first-order valence-corrected chi connectivity index (χ1v) is 12.9. The number of rotatable bonds is 12. The minimum absolute atomic E-state index is 0.0614. The van der Waals surface area contributed by atoms with Crippen molar-refractivity contribution < 1.29 is 9.53 Å². The number of nitrogens with one attached hydrogen (secondary N) is 1. The van der Waals surface area contributed by atoms with Gasteiger partial charge in [-0.25, -0.2) is 5.01 Å². The quantitative estimate of drug-likeness (QED) is 0.218. The maximum Gasteiger partial charge on any atom is 0.223 e. The molecule has 0 aromatic heterocycles. The Morgan fingerprint density at radius 1 is 1.03 bits per heavy atom. The topological polar surface area (TPSA) is 53.9 Å². The van der Waals surface area contributed by atoms with Gasteiger partial charge in [0.05, 0.1) is 18.5 Å². The second kappa shape index (κ2) is 13.4. The molecule has 0 aliphatic heterocycles. The molecule has 0 heterocycles. The summed E-state index contributed by atoms with van der Waals surface area (Å²) in [6.07, 6.45) is 2.10. The van der Waals surface area contributed by atoms with Crippen molar-refractivity contribution in [3.05, 3.63) is 102 Å². The maximum atomic E-state index is 13.1. The third-order valence-corrected chi connectivity index (χ3v) is 6.25. The first kappa shape index (κ1) is 27.7. The fourth-order valence-electron chi connectivity index (χ4n) is 4.21. The Balaban J connectivity index is 1.92. The highest BCUT2D eigenvalue weighted by Gasteiger charge is 2.21. The molecule has 1 unspecified atom stereocenters. The number of anilines is 1. The monoisotopic (exact) mass is 497 g/mol. The number of hydrogen-bond acceptors (Lipinski definition) is 4. The molecular weight excluding hydrogens is 458 g/mol. The second-order valence-electron chi connectivity index (χ2n) is 9.54. The van der Waals surface area contributed by atoms with Crippen LogP contribution >= 0.6 is 0 Å². The van der Waals surface area contributed by atoms with Gasteiger partial charge in [-0.1, -0.05) is 73.2 Å². The number of benzene rings is 3. The lowest BCUT2D eigenvalue weighted by atomic mass is 9.92. The van der Waals surface area contributed by atoms with Crippen molar-refractivity contribution in [3.8, 4) is 5.75 Å². The fraction of sp³-hybridized carbons (Fsp3) is 0.312. The number of carbonyl (C=O) groups excluding carboxylic acids is 1. The predicted octanol–water partition coefficient (Wildman–Crippen LogP) is 6.94. The average molecular weight is 498 g/mol. The first-order valence-electron chi connectivity index (χ1n) is 12.9. The van der Waals surface area contributed by atoms with Gasteiger partial charge >= 0.3 is 0 Å². The van der Waals surface area contributed by atoms with Gasteiger partial charge in [-0.3, -0.25) is 4.79 Å². The van der Waals surface area contributed by atoms with Crippen molar-refractivity contribution in [2.24, 2.45) is 11.0 Å². The molecule has 5 heteroatoms. The number of hydrogen-bond donors (Lipinski definition) is 1. The summed E-state index contributed by atoms with van der Waals surface area (Å²) < 4.78 is 5.34. The van der Waals surface area contributed by atoms with Gasteiger partial charge in [0.15, 0.2) is 0 Å². The second-order valence-corrected chi connectivity index (χ2v) is 9.54. The molecule has 3 aromatic carbocycles. The van der Waals surface area contributed by atoms with E-state index in [9.17, 15) is 4.79 Å². The molecular formula is C32H39N3O2. The van der Waals surface area contributed by atoms with Crippen LogP contribution < -0.4 is 15.1 Å². The number of carbonyl (C=O) groups is 1. The van der Waals surface area contributed by atoms with Gasteiger partial charge in [-0.05, 0) is 75.4 Å². The van der Waals surface area contributed by atoms with Crippen LogP contribution in [0.5, 0.6) is 5.75 Å². The first-order chi connectivity index (χ1) is 17.8. The smallest absolute Gasteiger partial charge is 0.223 e. The summed E-state index contributed by atoms with van der Waals surface area (Å²) in [6.45, 7) is 13.2. The summed E-state index contributed by atoms with van der Waals surface area (Å²) in [5.74, 6) is 0.616. The summed E-state index contributed by atoms with van der Waals surface area (Å²) in [5, 5.41) is 9.93. The van der Waals surface area contributed by atoms with E-state index in [0.29, 0.717) is 19.4 Å². The van der Waals surface area contributed by atoms with Crippen LogP contribution in [0, 0.1) is 19.8 Å². The molecule has 0 radical (unpaired) electrons. The molecule has 0 bridgehead atoms. The number of ether oxygens (including phenoxy) is 1. The Morgan fingerprint density at radius 2 is 1.73 bits per heavy atom. The Labute approximate surface area is 221 Å². The number of aryl methyl sites for hydroxylation is 2. The highest BCUT2D eigenvalue weighted by molar-refractivity contribution is 5.91. The largest absolute Gasteiger partial charge is 0.497 e. The van der Waals surface area contributed by atoms with Crippen molar-refractivity contribution >= 4 is 23.0 Å². The molecule has 1 amide bonds. The molecule has 1 N–H and O–H groups in total. The molecule has 3 rings (SSSR count).